The van der Waals surface area contributed by atoms with E-state index in [1.165, 1.54) is 7.11 Å². The zero-order chi connectivity index (χ0) is 14.4. The van der Waals surface area contributed by atoms with Crippen LogP contribution in [0.3, 0.4) is 0 Å². The van der Waals surface area contributed by atoms with E-state index in [9.17, 15) is 14.4 Å². The summed E-state index contributed by atoms with van der Waals surface area (Å²) >= 11 is 1.75. The van der Waals surface area contributed by atoms with Gasteiger partial charge in [-0.3, -0.25) is 4.79 Å². The molecular formula is C11H18N2O5S. The number of thioether (sulfide) groups is 1. The average Bonchev–Trinajstić information content (AvgIpc) is 2.37. The van der Waals surface area contributed by atoms with E-state index in [-0.39, 0.29) is 12.5 Å². The maximum atomic E-state index is 12.0. The maximum absolute atomic E-state index is 12.0. The second kappa shape index (κ2) is 7.22. The van der Waals surface area contributed by atoms with Crippen LogP contribution in [0.25, 0.3) is 0 Å². The van der Waals surface area contributed by atoms with Gasteiger partial charge in [-0.15, -0.1) is 0 Å². The summed E-state index contributed by atoms with van der Waals surface area (Å²) in [7, 11) is 1.17. The molecule has 2 amide bonds. The molecule has 1 fully saturated rings. The Bertz CT molecular complexity index is 363. The lowest BCUT2D eigenvalue weighted by molar-refractivity contribution is -0.147. The third kappa shape index (κ3) is 4.62. The molecule has 0 aromatic heterocycles. The highest BCUT2D eigenvalue weighted by Gasteiger charge is 2.29. The van der Waals surface area contributed by atoms with Crippen LogP contribution in [-0.4, -0.2) is 65.2 Å². The van der Waals surface area contributed by atoms with Crippen LogP contribution in [0.2, 0.25) is 0 Å². The number of carboxylic acid groups (broad SMARTS) is 1. The first kappa shape index (κ1) is 15.6. The number of nitrogens with one attached hydrogen (secondary N) is 1. The molecule has 8 heteroatoms. The number of esters is 1. The lowest BCUT2D eigenvalue weighted by Gasteiger charge is -2.33. The number of aliphatic carboxylic acids is 1. The van der Waals surface area contributed by atoms with Gasteiger partial charge in [0.05, 0.1) is 13.5 Å². The van der Waals surface area contributed by atoms with E-state index < -0.39 is 24.0 Å². The van der Waals surface area contributed by atoms with Gasteiger partial charge in [-0.1, -0.05) is 0 Å². The summed E-state index contributed by atoms with van der Waals surface area (Å²) in [6.07, 6.45) is -0.380. The highest BCUT2D eigenvalue weighted by atomic mass is 32.2. The van der Waals surface area contributed by atoms with Crippen molar-refractivity contribution in [3.05, 3.63) is 0 Å². The molecule has 0 aromatic carbocycles. The Balaban J connectivity index is 2.60. The molecule has 0 saturated carbocycles. The molecule has 1 aliphatic rings. The summed E-state index contributed by atoms with van der Waals surface area (Å²) in [6, 6.07) is -1.67. The highest BCUT2D eigenvalue weighted by Crippen LogP contribution is 2.16. The van der Waals surface area contributed by atoms with Crippen LogP contribution in [0, 0.1) is 0 Å². The van der Waals surface area contributed by atoms with Crippen LogP contribution in [0.5, 0.6) is 0 Å². The van der Waals surface area contributed by atoms with E-state index >= 15 is 0 Å². The molecule has 2 N–H and O–H groups in total. The monoisotopic (exact) mass is 290 g/mol. The first-order valence-electron chi connectivity index (χ1n) is 5.90. The largest absolute Gasteiger partial charge is 0.480 e. The quantitative estimate of drug-likeness (QED) is 0.716. The molecule has 1 heterocycles. The molecule has 108 valence electrons. The average molecular weight is 290 g/mol. The summed E-state index contributed by atoms with van der Waals surface area (Å²) < 4.78 is 4.41. The van der Waals surface area contributed by atoms with Crippen molar-refractivity contribution in [3.8, 4) is 0 Å². The van der Waals surface area contributed by atoms with Gasteiger partial charge in [-0.05, 0) is 6.92 Å². The topological polar surface area (TPSA) is 95.9 Å². The zero-order valence-electron chi connectivity index (χ0n) is 10.9. The number of hydrogen-bond acceptors (Lipinski definition) is 5. The number of urea groups is 1. The predicted molar refractivity (Wildman–Crippen MR) is 70.1 cm³/mol. The van der Waals surface area contributed by atoms with Gasteiger partial charge in [0.15, 0.2) is 0 Å². The van der Waals surface area contributed by atoms with E-state index in [1.807, 2.05) is 6.92 Å². The Morgan fingerprint density at radius 2 is 2.21 bits per heavy atom. The van der Waals surface area contributed by atoms with Crippen molar-refractivity contribution in [1.82, 2.24) is 10.2 Å². The Kier molecular flexibility index (Phi) is 5.94. The van der Waals surface area contributed by atoms with Gasteiger partial charge >= 0.3 is 18.0 Å². The molecule has 7 nitrogen and oxygen atoms in total. The molecule has 0 aliphatic carbocycles. The van der Waals surface area contributed by atoms with Crippen LogP contribution in [0.1, 0.15) is 13.3 Å². The standard InChI is InChI=1S/C11H18N2O5S/c1-7-6-19-4-3-13(7)11(17)12-8(10(15)16)5-9(14)18-2/h7-8H,3-6H2,1-2H3,(H,12,17)(H,15,16)/t7?,8-/m0/s1. The van der Waals surface area contributed by atoms with Gasteiger partial charge in [-0.25, -0.2) is 9.59 Å². The molecular weight excluding hydrogens is 272 g/mol. The lowest BCUT2D eigenvalue weighted by atomic mass is 10.2. The number of carbonyl (C=O) groups excluding carboxylic acids is 2. The molecule has 1 rings (SSSR count). The van der Waals surface area contributed by atoms with Gasteiger partial charge in [0, 0.05) is 24.1 Å². The van der Waals surface area contributed by atoms with Crippen molar-refractivity contribution >= 4 is 29.7 Å². The van der Waals surface area contributed by atoms with Crippen molar-refractivity contribution in [1.29, 1.82) is 0 Å². The highest BCUT2D eigenvalue weighted by molar-refractivity contribution is 7.99. The molecule has 1 unspecified atom stereocenters. The second-order valence-corrected chi connectivity index (χ2v) is 5.39. The third-order valence-electron chi connectivity index (χ3n) is 2.82. The molecule has 2 atom stereocenters. The SMILES string of the molecule is COC(=O)C[C@H](NC(=O)N1CCSCC1C)C(=O)O. The predicted octanol–water partition coefficient (Wildman–Crippen LogP) is 0.150. The number of hydrogen-bond donors (Lipinski definition) is 2. The fourth-order valence-corrected chi connectivity index (χ4v) is 2.72. The van der Waals surface area contributed by atoms with Crippen molar-refractivity contribution in [2.75, 3.05) is 25.2 Å². The Hall–Kier alpha value is -1.44. The lowest BCUT2D eigenvalue weighted by Crippen LogP contribution is -2.53. The molecule has 0 aromatic rings. The minimum Gasteiger partial charge on any atom is -0.480 e. The Labute approximate surface area is 115 Å². The molecule has 0 radical (unpaired) electrons. The first-order valence-corrected chi connectivity index (χ1v) is 7.05. The summed E-state index contributed by atoms with van der Waals surface area (Å²) in [6.45, 7) is 2.48. The van der Waals surface area contributed by atoms with Gasteiger partial charge in [-0.2, -0.15) is 11.8 Å². The van der Waals surface area contributed by atoms with Crippen molar-refractivity contribution in [2.24, 2.45) is 0 Å². The van der Waals surface area contributed by atoms with E-state index in [0.29, 0.717) is 6.54 Å². The molecule has 19 heavy (non-hydrogen) atoms. The van der Waals surface area contributed by atoms with Crippen molar-refractivity contribution in [3.63, 3.8) is 0 Å². The van der Waals surface area contributed by atoms with E-state index in [2.05, 4.69) is 10.1 Å². The molecule has 1 saturated heterocycles. The molecule has 1 aliphatic heterocycles. The molecule has 0 spiro atoms. The first-order chi connectivity index (χ1) is 8.95. The zero-order valence-corrected chi connectivity index (χ0v) is 11.7. The number of rotatable bonds is 4. The fraction of sp³-hybridized carbons (Fsp3) is 0.727. The number of carbonyl (C=O) groups is 3. The van der Waals surface area contributed by atoms with Gasteiger partial charge in [0.25, 0.3) is 0 Å². The van der Waals surface area contributed by atoms with Gasteiger partial charge < -0.3 is 20.1 Å². The van der Waals surface area contributed by atoms with Crippen LogP contribution in [-0.2, 0) is 14.3 Å². The Morgan fingerprint density at radius 3 is 2.74 bits per heavy atom. The summed E-state index contributed by atoms with van der Waals surface area (Å²) in [5, 5.41) is 11.3. The van der Waals surface area contributed by atoms with Crippen molar-refractivity contribution < 1.29 is 24.2 Å². The Morgan fingerprint density at radius 1 is 1.53 bits per heavy atom. The fourth-order valence-electron chi connectivity index (χ4n) is 1.71. The third-order valence-corrected chi connectivity index (χ3v) is 4.01. The smallest absolute Gasteiger partial charge is 0.326 e. The second-order valence-electron chi connectivity index (χ2n) is 4.24. The van der Waals surface area contributed by atoms with Crippen LogP contribution < -0.4 is 5.32 Å². The van der Waals surface area contributed by atoms with E-state index in [1.54, 1.807) is 16.7 Å². The van der Waals surface area contributed by atoms with Crippen molar-refractivity contribution in [2.45, 2.75) is 25.4 Å². The number of amides is 2. The van der Waals surface area contributed by atoms with E-state index in [0.717, 1.165) is 11.5 Å². The summed E-state index contributed by atoms with van der Waals surface area (Å²) in [4.78, 5) is 35.7. The number of ether oxygens (including phenoxy) is 1. The van der Waals surface area contributed by atoms with E-state index in [4.69, 9.17) is 5.11 Å². The van der Waals surface area contributed by atoms with Crippen LogP contribution >= 0.6 is 11.8 Å². The number of carboxylic acids is 1. The summed E-state index contributed by atoms with van der Waals surface area (Å²) in [5.41, 5.74) is 0. The van der Waals surface area contributed by atoms with Crippen LogP contribution in [0.15, 0.2) is 0 Å². The van der Waals surface area contributed by atoms with Gasteiger partial charge in [0.2, 0.25) is 0 Å². The van der Waals surface area contributed by atoms with Gasteiger partial charge in [0.1, 0.15) is 6.04 Å². The number of methoxy groups -OCH3 is 1. The minimum absolute atomic E-state index is 0.0475. The number of nitrogens with zero attached hydrogens (tertiary/aromatic N) is 1. The summed E-state index contributed by atoms with van der Waals surface area (Å²) in [5.74, 6) is -0.276. The maximum Gasteiger partial charge on any atom is 0.326 e. The molecule has 0 bridgehead atoms. The van der Waals surface area contributed by atoms with Crippen LogP contribution in [0.4, 0.5) is 4.79 Å². The normalized spacial score (nSPS) is 20.5. The minimum atomic E-state index is -1.26.